The largest absolute Gasteiger partial charge is 0.335 e. The van der Waals surface area contributed by atoms with Gasteiger partial charge in [-0.1, -0.05) is 43.7 Å². The van der Waals surface area contributed by atoms with Gasteiger partial charge in [-0.2, -0.15) is 5.10 Å². The van der Waals surface area contributed by atoms with Crippen LogP contribution in [0.25, 0.3) is 0 Å². The topological polar surface area (TPSA) is 51.0 Å². The Balaban J connectivity index is 1.48. The van der Waals surface area contributed by atoms with Crippen LogP contribution in [0.2, 0.25) is 0 Å². The quantitative estimate of drug-likeness (QED) is 0.777. The van der Waals surface area contributed by atoms with Gasteiger partial charge in [0.2, 0.25) is 5.91 Å². The van der Waals surface area contributed by atoms with E-state index in [1.165, 1.54) is 18.4 Å². The van der Waals surface area contributed by atoms with Crippen molar-refractivity contribution in [1.29, 1.82) is 0 Å². The van der Waals surface area contributed by atoms with Crippen LogP contribution in [0.5, 0.6) is 0 Å². The van der Waals surface area contributed by atoms with Crippen LogP contribution in [0.3, 0.4) is 0 Å². The summed E-state index contributed by atoms with van der Waals surface area (Å²) in [5, 5.41) is 4.72. The summed E-state index contributed by atoms with van der Waals surface area (Å²) in [4.78, 5) is 19.2. The molecule has 2 aromatic rings. The first-order chi connectivity index (χ1) is 12.2. The lowest BCUT2D eigenvalue weighted by Gasteiger charge is -2.16. The molecule has 0 N–H and O–H groups in total. The molecule has 1 saturated carbocycles. The van der Waals surface area contributed by atoms with Crippen molar-refractivity contribution >= 4 is 5.91 Å². The molecule has 1 amide bonds. The average Bonchev–Trinajstić information content (AvgIpc) is 3.32. The number of rotatable bonds is 7. The standard InChI is InChI=1S/C20H26N4O/c1-2-3-11-24-18(21-20(22-24)16-9-10-16)14-23-13-17(12-19(23)25)15-7-5-4-6-8-15/h4-8,16-17H,2-3,9-14H2,1H3. The van der Waals surface area contributed by atoms with E-state index in [9.17, 15) is 4.79 Å². The predicted molar refractivity (Wildman–Crippen MR) is 96.1 cm³/mol. The molecule has 0 radical (unpaired) electrons. The summed E-state index contributed by atoms with van der Waals surface area (Å²) in [7, 11) is 0. The molecule has 25 heavy (non-hydrogen) atoms. The fraction of sp³-hybridized carbons (Fsp3) is 0.550. The van der Waals surface area contributed by atoms with E-state index in [1.807, 2.05) is 27.8 Å². The molecule has 5 heteroatoms. The van der Waals surface area contributed by atoms with E-state index in [4.69, 9.17) is 10.1 Å². The molecule has 2 fully saturated rings. The third-order valence-electron chi connectivity index (χ3n) is 5.25. The lowest BCUT2D eigenvalue weighted by atomic mass is 9.99. The number of hydrogen-bond donors (Lipinski definition) is 0. The monoisotopic (exact) mass is 338 g/mol. The molecule has 1 unspecified atom stereocenters. The number of aromatic nitrogens is 3. The second-order valence-corrected chi connectivity index (χ2v) is 7.32. The summed E-state index contributed by atoms with van der Waals surface area (Å²) >= 11 is 0. The van der Waals surface area contributed by atoms with Crippen molar-refractivity contribution in [3.63, 3.8) is 0 Å². The van der Waals surface area contributed by atoms with Gasteiger partial charge in [-0.15, -0.1) is 0 Å². The Morgan fingerprint density at radius 1 is 1.16 bits per heavy atom. The van der Waals surface area contributed by atoms with Crippen molar-refractivity contribution in [3.8, 4) is 0 Å². The molecule has 2 aliphatic rings. The van der Waals surface area contributed by atoms with E-state index in [0.717, 1.165) is 37.6 Å². The molecule has 132 valence electrons. The highest BCUT2D eigenvalue weighted by atomic mass is 16.2. The second-order valence-electron chi connectivity index (χ2n) is 7.32. The number of hydrogen-bond acceptors (Lipinski definition) is 3. The normalized spacial score (nSPS) is 20.4. The molecule has 1 aliphatic heterocycles. The predicted octanol–water partition coefficient (Wildman–Crippen LogP) is 3.47. The van der Waals surface area contributed by atoms with Gasteiger partial charge in [0, 0.05) is 31.3 Å². The molecule has 1 aromatic heterocycles. The van der Waals surface area contributed by atoms with Crippen LogP contribution in [-0.4, -0.2) is 32.1 Å². The van der Waals surface area contributed by atoms with Crippen LogP contribution < -0.4 is 0 Å². The number of aryl methyl sites for hydroxylation is 1. The van der Waals surface area contributed by atoms with E-state index < -0.39 is 0 Å². The SMILES string of the molecule is CCCCn1nc(C2CC2)nc1CN1CC(c2ccccc2)CC1=O. The summed E-state index contributed by atoms with van der Waals surface area (Å²) in [6.07, 6.45) is 5.24. The van der Waals surface area contributed by atoms with Gasteiger partial charge in [-0.25, -0.2) is 9.67 Å². The molecule has 1 aromatic carbocycles. The second kappa shape index (κ2) is 6.98. The molecule has 5 nitrogen and oxygen atoms in total. The molecule has 1 saturated heterocycles. The highest BCUT2D eigenvalue weighted by molar-refractivity contribution is 5.79. The number of benzene rings is 1. The number of carbonyl (C=O) groups excluding carboxylic acids is 1. The Labute approximate surface area is 149 Å². The number of nitrogens with zero attached hydrogens (tertiary/aromatic N) is 4. The fourth-order valence-electron chi connectivity index (χ4n) is 3.56. The van der Waals surface area contributed by atoms with Crippen LogP contribution in [-0.2, 0) is 17.9 Å². The van der Waals surface area contributed by atoms with Gasteiger partial charge in [0.1, 0.15) is 5.82 Å². The summed E-state index contributed by atoms with van der Waals surface area (Å²) in [5.74, 6) is 3.01. The van der Waals surface area contributed by atoms with Gasteiger partial charge < -0.3 is 4.90 Å². The molecule has 1 aliphatic carbocycles. The molecule has 2 heterocycles. The fourth-order valence-corrected chi connectivity index (χ4v) is 3.56. The maximum atomic E-state index is 12.5. The van der Waals surface area contributed by atoms with Gasteiger partial charge in [0.25, 0.3) is 0 Å². The van der Waals surface area contributed by atoms with Gasteiger partial charge in [0.05, 0.1) is 6.54 Å². The van der Waals surface area contributed by atoms with Crippen molar-refractivity contribution in [2.45, 2.75) is 64.0 Å². The maximum Gasteiger partial charge on any atom is 0.223 e. The Kier molecular flexibility index (Phi) is 4.55. The Bertz CT molecular complexity index is 735. The van der Waals surface area contributed by atoms with Crippen LogP contribution in [0.15, 0.2) is 30.3 Å². The Hall–Kier alpha value is -2.17. The molecule has 0 spiro atoms. The van der Waals surface area contributed by atoms with Crippen molar-refractivity contribution in [1.82, 2.24) is 19.7 Å². The first kappa shape index (κ1) is 16.3. The van der Waals surface area contributed by atoms with Crippen LogP contribution in [0.1, 0.15) is 68.1 Å². The van der Waals surface area contributed by atoms with Gasteiger partial charge >= 0.3 is 0 Å². The number of likely N-dealkylation sites (tertiary alicyclic amines) is 1. The Morgan fingerprint density at radius 3 is 2.68 bits per heavy atom. The van der Waals surface area contributed by atoms with Crippen LogP contribution in [0.4, 0.5) is 0 Å². The maximum absolute atomic E-state index is 12.5. The van der Waals surface area contributed by atoms with Crippen molar-refractivity contribution in [2.24, 2.45) is 0 Å². The zero-order chi connectivity index (χ0) is 17.2. The Morgan fingerprint density at radius 2 is 1.96 bits per heavy atom. The molecule has 1 atom stereocenters. The van der Waals surface area contributed by atoms with Gasteiger partial charge in [-0.05, 0) is 24.8 Å². The van der Waals surface area contributed by atoms with Crippen molar-refractivity contribution in [3.05, 3.63) is 47.5 Å². The highest BCUT2D eigenvalue weighted by Crippen LogP contribution is 2.38. The lowest BCUT2D eigenvalue weighted by Crippen LogP contribution is -2.26. The van der Waals surface area contributed by atoms with Crippen molar-refractivity contribution in [2.75, 3.05) is 6.54 Å². The van der Waals surface area contributed by atoms with Crippen LogP contribution >= 0.6 is 0 Å². The van der Waals surface area contributed by atoms with E-state index in [1.54, 1.807) is 0 Å². The molecule has 4 rings (SSSR count). The third kappa shape index (κ3) is 3.60. The third-order valence-corrected chi connectivity index (χ3v) is 5.25. The summed E-state index contributed by atoms with van der Waals surface area (Å²) in [5.41, 5.74) is 1.25. The minimum Gasteiger partial charge on any atom is -0.335 e. The zero-order valence-electron chi connectivity index (χ0n) is 14.9. The van der Waals surface area contributed by atoms with E-state index >= 15 is 0 Å². The minimum atomic E-state index is 0.229. The summed E-state index contributed by atoms with van der Waals surface area (Å²) in [6, 6.07) is 10.4. The van der Waals surface area contributed by atoms with E-state index in [0.29, 0.717) is 24.8 Å². The number of amides is 1. The van der Waals surface area contributed by atoms with Crippen molar-refractivity contribution < 1.29 is 4.79 Å². The lowest BCUT2D eigenvalue weighted by molar-refractivity contribution is -0.128. The van der Waals surface area contributed by atoms with Crippen LogP contribution in [0, 0.1) is 0 Å². The highest BCUT2D eigenvalue weighted by Gasteiger charge is 2.33. The van der Waals surface area contributed by atoms with Gasteiger partial charge in [0.15, 0.2) is 5.82 Å². The first-order valence-electron chi connectivity index (χ1n) is 9.51. The zero-order valence-corrected chi connectivity index (χ0v) is 14.9. The number of unbranched alkanes of at least 4 members (excludes halogenated alkanes) is 1. The summed E-state index contributed by atoms with van der Waals surface area (Å²) < 4.78 is 2.04. The van der Waals surface area contributed by atoms with Gasteiger partial charge in [-0.3, -0.25) is 4.79 Å². The molecule has 0 bridgehead atoms. The van der Waals surface area contributed by atoms with E-state index in [2.05, 4.69) is 19.1 Å². The average molecular weight is 338 g/mol. The summed E-state index contributed by atoms with van der Waals surface area (Å²) in [6.45, 7) is 4.45. The number of carbonyl (C=O) groups is 1. The smallest absolute Gasteiger partial charge is 0.223 e. The van der Waals surface area contributed by atoms with E-state index in [-0.39, 0.29) is 5.91 Å². The molecular weight excluding hydrogens is 312 g/mol. The first-order valence-corrected chi connectivity index (χ1v) is 9.51. The minimum absolute atomic E-state index is 0.229. The molecular formula is C20H26N4O.